The molecule has 0 aliphatic heterocycles. The smallest absolute Gasteiger partial charge is 0.242 e. The van der Waals surface area contributed by atoms with Gasteiger partial charge in [0.1, 0.15) is 0 Å². The molecule has 0 unspecified atom stereocenters. The Hall–Kier alpha value is -2.51. The molecule has 10 nitrogen and oxygen atoms in total. The van der Waals surface area contributed by atoms with Crippen molar-refractivity contribution in [2.45, 2.75) is 49.3 Å². The lowest BCUT2D eigenvalue weighted by molar-refractivity contribution is -0.118. The third-order valence-corrected chi connectivity index (χ3v) is 9.06. The Morgan fingerprint density at radius 2 is 1.13 bits per heavy atom. The first-order valence-corrected chi connectivity index (χ1v) is 15.5. The molecule has 1 N–H and O–H groups in total. The molecule has 0 saturated carbocycles. The Balaban J connectivity index is -0.000000580. The summed E-state index contributed by atoms with van der Waals surface area (Å²) in [5.74, 6) is 0.0192. The third kappa shape index (κ3) is 12.0. The molecule has 0 atom stereocenters. The highest BCUT2D eigenvalue weighted by Crippen LogP contribution is 2.19. The van der Waals surface area contributed by atoms with Gasteiger partial charge in [0, 0.05) is 69.4 Å². The summed E-state index contributed by atoms with van der Waals surface area (Å²) in [6.45, 7) is 3.86. The second-order valence-electron chi connectivity index (χ2n) is 8.65. The van der Waals surface area contributed by atoms with Crippen molar-refractivity contribution in [1.82, 2.24) is 8.61 Å². The van der Waals surface area contributed by atoms with Crippen LogP contribution in [-0.2, 0) is 29.6 Å². The quantitative estimate of drug-likeness (QED) is 0.385. The van der Waals surface area contributed by atoms with E-state index in [-0.39, 0.29) is 18.9 Å². The molecule has 0 aromatic heterocycles. The number of anilines is 2. The van der Waals surface area contributed by atoms with Crippen LogP contribution in [-0.4, -0.2) is 78.9 Å². The van der Waals surface area contributed by atoms with Gasteiger partial charge < -0.3 is 10.2 Å². The van der Waals surface area contributed by atoms with Crippen molar-refractivity contribution in [3.8, 4) is 0 Å². The highest BCUT2D eigenvalue weighted by molar-refractivity contribution is 7.89. The minimum Gasteiger partial charge on any atom is -0.388 e. The summed E-state index contributed by atoms with van der Waals surface area (Å²) in [7, 11) is 2.76. The molecule has 0 aliphatic rings. The molecule has 0 saturated heterocycles. The average molecular weight is 613 g/mol. The molecule has 0 radical (unpaired) electrons. The highest BCUT2D eigenvalue weighted by atomic mass is 35.5. The number of halogens is 1. The predicted molar refractivity (Wildman–Crippen MR) is 162 cm³/mol. The van der Waals surface area contributed by atoms with Crippen LogP contribution in [0.3, 0.4) is 0 Å². The molecular weight excluding hydrogens is 564 g/mol. The van der Waals surface area contributed by atoms with Gasteiger partial charge in [-0.3, -0.25) is 9.59 Å². The number of amides is 1. The van der Waals surface area contributed by atoms with Gasteiger partial charge in [-0.15, -0.1) is 0 Å². The van der Waals surface area contributed by atoms with Gasteiger partial charge in [0.25, 0.3) is 0 Å². The van der Waals surface area contributed by atoms with Gasteiger partial charge in [0.15, 0.2) is 0 Å². The lowest BCUT2D eigenvalue weighted by Crippen LogP contribution is -2.26. The summed E-state index contributed by atoms with van der Waals surface area (Å²) in [6.07, 6.45) is 2.62. The van der Waals surface area contributed by atoms with Crippen LogP contribution in [0.5, 0.6) is 0 Å². The van der Waals surface area contributed by atoms with Crippen molar-refractivity contribution in [3.05, 3.63) is 48.5 Å². The molecule has 2 rings (SSSR count). The van der Waals surface area contributed by atoms with Gasteiger partial charge >= 0.3 is 0 Å². The number of carbonyl (C=O) groups is 2. The first-order valence-electron chi connectivity index (χ1n) is 12.2. The molecule has 0 heterocycles. The van der Waals surface area contributed by atoms with Crippen molar-refractivity contribution in [2.24, 2.45) is 0 Å². The van der Waals surface area contributed by atoms with E-state index < -0.39 is 20.0 Å². The van der Waals surface area contributed by atoms with Gasteiger partial charge in [-0.1, -0.05) is 13.8 Å². The van der Waals surface area contributed by atoms with E-state index >= 15 is 0 Å². The molecule has 2 aromatic rings. The maximum Gasteiger partial charge on any atom is 0.242 e. The van der Waals surface area contributed by atoms with Gasteiger partial charge in [0.2, 0.25) is 31.2 Å². The van der Waals surface area contributed by atoms with E-state index in [1.54, 1.807) is 50.5 Å². The molecule has 2 aromatic carbocycles. The normalized spacial score (nSPS) is 11.2. The Morgan fingerprint density at radius 1 is 0.744 bits per heavy atom. The molecule has 1 amide bonds. The average Bonchev–Trinajstić information content (AvgIpc) is 2.89. The maximum atomic E-state index is 11.9. The number of benzene rings is 2. The largest absolute Gasteiger partial charge is 0.388 e. The molecule has 39 heavy (non-hydrogen) atoms. The number of rotatable bonds is 10. The number of hydrogen-bond acceptors (Lipinski definition) is 7. The van der Waals surface area contributed by atoms with E-state index in [2.05, 4.69) is 5.32 Å². The second-order valence-corrected chi connectivity index (χ2v) is 13.4. The van der Waals surface area contributed by atoms with Gasteiger partial charge in [-0.2, -0.15) is 0 Å². The Morgan fingerprint density at radius 3 is 1.41 bits per heavy atom. The van der Waals surface area contributed by atoms with Crippen LogP contribution in [0.1, 0.15) is 42.4 Å². The topological polar surface area (TPSA) is 124 Å². The summed E-state index contributed by atoms with van der Waals surface area (Å²) in [4.78, 5) is 23.6. The second kappa shape index (κ2) is 17.2. The molecule has 224 valence electrons. The van der Waals surface area contributed by atoms with Gasteiger partial charge in [-0.05, 0) is 73.0 Å². The van der Waals surface area contributed by atoms with E-state index in [9.17, 15) is 26.4 Å². The number of carbonyl (C=O) groups excluding carboxylic acids is 2. The zero-order chi connectivity index (χ0) is 30.4. The fourth-order valence-corrected chi connectivity index (χ4v) is 4.77. The van der Waals surface area contributed by atoms with Crippen LogP contribution in [0.2, 0.25) is 0 Å². The fraction of sp³-hybridized carbons (Fsp3) is 0.462. The Kier molecular flexibility index (Phi) is 16.1. The first-order chi connectivity index (χ1) is 18.1. The van der Waals surface area contributed by atoms with Crippen molar-refractivity contribution in [2.75, 3.05) is 52.5 Å². The van der Waals surface area contributed by atoms with Crippen molar-refractivity contribution in [1.29, 1.82) is 0 Å². The first kappa shape index (κ1) is 36.5. The summed E-state index contributed by atoms with van der Waals surface area (Å²) in [6, 6.07) is 12.9. The van der Waals surface area contributed by atoms with Crippen molar-refractivity contribution >= 4 is 54.2 Å². The van der Waals surface area contributed by atoms with Crippen LogP contribution in [0, 0.1) is 0 Å². The monoisotopic (exact) mass is 612 g/mol. The third-order valence-electron chi connectivity index (χ3n) is 5.21. The maximum absolute atomic E-state index is 11.9. The van der Waals surface area contributed by atoms with Crippen LogP contribution in [0.25, 0.3) is 0 Å². The standard InChI is InChI=1S/C13H20N2O3S.C9H14N2O2S.C4H7ClO.2H2/c1-5-6-13(16)15(4)11-7-9-12(10-8-11)19(17,18)14(2)3;1-10-8-4-6-9(7-5-8)14(12,13)11(2)3;1-2-3-4(5)6;;/h7-10H,5-6H2,1-4H3;4-7,10H,1-3H3;2-3H2,1H3;2*1H/i;;;2*1+2. The van der Waals surface area contributed by atoms with E-state index in [1.165, 1.54) is 49.5 Å². The summed E-state index contributed by atoms with van der Waals surface area (Å²) in [5.41, 5.74) is 1.58. The van der Waals surface area contributed by atoms with Gasteiger partial charge in [-0.25, -0.2) is 25.4 Å². The van der Waals surface area contributed by atoms with Crippen LogP contribution in [0.15, 0.2) is 58.3 Å². The zero-order valence-electron chi connectivity index (χ0n) is 23.9. The highest BCUT2D eigenvalue weighted by Gasteiger charge is 2.18. The van der Waals surface area contributed by atoms with Crippen molar-refractivity contribution < 1.29 is 29.3 Å². The zero-order valence-corrected chi connectivity index (χ0v) is 26.3. The van der Waals surface area contributed by atoms with E-state index in [0.29, 0.717) is 23.4 Å². The summed E-state index contributed by atoms with van der Waals surface area (Å²) < 4.78 is 49.4. The number of nitrogens with zero attached hydrogens (tertiary/aromatic N) is 3. The van der Waals surface area contributed by atoms with Crippen LogP contribution in [0.4, 0.5) is 11.4 Å². The lowest BCUT2D eigenvalue weighted by Gasteiger charge is -2.18. The molecule has 0 bridgehead atoms. The number of hydrogen-bond donors (Lipinski definition) is 1. The molecule has 13 heteroatoms. The minimum atomic E-state index is -3.42. The molecular formula is C26H45ClN4O6S2. The number of nitrogens with one attached hydrogen (secondary N) is 1. The van der Waals surface area contributed by atoms with Crippen molar-refractivity contribution in [3.63, 3.8) is 0 Å². The SMILES string of the molecule is CCCC(=O)Cl.CCCC(=O)N(C)c1ccc(S(=O)(=O)N(C)C)cc1.CNc1ccc(S(=O)(=O)N(C)C)cc1.[3HH].[3HH]. The Labute approximate surface area is 242 Å². The fourth-order valence-electron chi connectivity index (χ4n) is 2.78. The molecule has 0 spiro atoms. The lowest BCUT2D eigenvalue weighted by atomic mass is 10.2. The van der Waals surface area contributed by atoms with E-state index in [4.69, 9.17) is 11.6 Å². The predicted octanol–water partition coefficient (Wildman–Crippen LogP) is 4.72. The summed E-state index contributed by atoms with van der Waals surface area (Å²) >= 11 is 4.94. The Bertz CT molecular complexity index is 1260. The van der Waals surface area contributed by atoms with E-state index in [1.807, 2.05) is 13.8 Å². The van der Waals surface area contributed by atoms with Crippen LogP contribution >= 0.6 is 11.6 Å². The minimum absolute atomic E-state index is 0. The van der Waals surface area contributed by atoms with Gasteiger partial charge in [0.05, 0.1) is 9.79 Å². The summed E-state index contributed by atoms with van der Waals surface area (Å²) in [5, 5.41) is 2.69. The molecule has 0 fully saturated rings. The van der Waals surface area contributed by atoms with E-state index in [0.717, 1.165) is 22.8 Å². The molecule has 0 aliphatic carbocycles. The number of sulfonamides is 2. The van der Waals surface area contributed by atoms with Crippen LogP contribution < -0.4 is 10.2 Å².